The lowest BCUT2D eigenvalue weighted by Crippen LogP contribution is -2.35. The Hall–Kier alpha value is -2.41. The summed E-state index contributed by atoms with van der Waals surface area (Å²) in [5, 5.41) is 5.07. The average Bonchev–Trinajstić information content (AvgIpc) is 3.24. The normalized spacial score (nSPS) is 18.5. The number of rotatable bonds is 6. The van der Waals surface area contributed by atoms with Crippen molar-refractivity contribution in [2.45, 2.75) is 32.9 Å². The molecule has 1 N–H and O–H groups in total. The van der Waals surface area contributed by atoms with E-state index in [2.05, 4.69) is 77.7 Å². The van der Waals surface area contributed by atoms with Gasteiger partial charge < -0.3 is 19.7 Å². The van der Waals surface area contributed by atoms with Gasteiger partial charge in [-0.15, -0.1) is 0 Å². The van der Waals surface area contributed by atoms with Gasteiger partial charge in [-0.05, 0) is 88.5 Å². The smallest absolute Gasteiger partial charge is 0.170 e. The quantitative estimate of drug-likeness (QED) is 0.517. The summed E-state index contributed by atoms with van der Waals surface area (Å²) in [7, 11) is 4.18. The molecule has 0 aliphatic carbocycles. The standard InChI is InChI=1S/C25H30ClN5S/c1-16-9-10-19(26)15-22(16)31-17(2)14-20(18(31)3)24-23(21-8-6-7-11-27-21)28-25(32)30(24)13-12-29(4)5/h6-11,14-15,23-24H,12-13H2,1-5H3,(H,28,32)/t23-,24+/m0/s1. The highest BCUT2D eigenvalue weighted by molar-refractivity contribution is 7.80. The SMILES string of the molecule is Cc1ccc(Cl)cc1-n1c(C)cc([C@@H]2[C@H](c3ccccn3)NC(=S)N2CCN(C)C)c1C. The molecular weight excluding hydrogens is 438 g/mol. The maximum atomic E-state index is 6.36. The van der Waals surface area contributed by atoms with Gasteiger partial charge in [0.25, 0.3) is 0 Å². The maximum absolute atomic E-state index is 6.36. The number of pyridine rings is 1. The van der Waals surface area contributed by atoms with Crippen molar-refractivity contribution in [3.63, 3.8) is 0 Å². The summed E-state index contributed by atoms with van der Waals surface area (Å²) < 4.78 is 2.30. The van der Waals surface area contributed by atoms with E-state index in [4.69, 9.17) is 23.8 Å². The largest absolute Gasteiger partial charge is 0.352 e. The lowest BCUT2D eigenvalue weighted by atomic mass is 9.96. The first-order chi connectivity index (χ1) is 15.3. The molecular formula is C25H30ClN5S. The molecule has 0 spiro atoms. The number of thiocarbonyl (C=S) groups is 1. The molecule has 0 saturated carbocycles. The molecule has 1 aromatic carbocycles. The van der Waals surface area contributed by atoms with Gasteiger partial charge in [-0.1, -0.05) is 23.7 Å². The summed E-state index contributed by atoms with van der Waals surface area (Å²) in [5.41, 5.74) is 6.92. The van der Waals surface area contributed by atoms with Crippen molar-refractivity contribution in [2.24, 2.45) is 0 Å². The number of likely N-dealkylation sites (N-methyl/N-ethyl adjacent to an activating group) is 1. The fourth-order valence-electron chi connectivity index (χ4n) is 4.57. The maximum Gasteiger partial charge on any atom is 0.170 e. The predicted molar refractivity (Wildman–Crippen MR) is 136 cm³/mol. The Kier molecular flexibility index (Phi) is 6.56. The minimum atomic E-state index is -0.0136. The second-order valence-corrected chi connectivity index (χ2v) is 9.54. The fourth-order valence-corrected chi connectivity index (χ4v) is 5.07. The summed E-state index contributed by atoms with van der Waals surface area (Å²) in [5.74, 6) is 0. The minimum Gasteiger partial charge on any atom is -0.352 e. The van der Waals surface area contributed by atoms with Crippen LogP contribution in [0.5, 0.6) is 0 Å². The molecule has 0 bridgehead atoms. The number of hydrogen-bond donors (Lipinski definition) is 1. The van der Waals surface area contributed by atoms with Gasteiger partial charge in [-0.2, -0.15) is 0 Å². The van der Waals surface area contributed by atoms with Crippen LogP contribution in [0.1, 0.15) is 40.3 Å². The van der Waals surface area contributed by atoms with Crippen molar-refractivity contribution in [2.75, 3.05) is 27.2 Å². The summed E-state index contributed by atoms with van der Waals surface area (Å²) in [6, 6.07) is 14.4. The van der Waals surface area contributed by atoms with E-state index >= 15 is 0 Å². The van der Waals surface area contributed by atoms with Gasteiger partial charge in [-0.3, -0.25) is 4.98 Å². The van der Waals surface area contributed by atoms with E-state index in [9.17, 15) is 0 Å². The van der Waals surface area contributed by atoms with Gasteiger partial charge in [0.15, 0.2) is 5.11 Å². The molecule has 0 radical (unpaired) electrons. The third kappa shape index (κ3) is 4.27. The number of halogens is 1. The first-order valence-electron chi connectivity index (χ1n) is 10.9. The molecule has 0 amide bonds. The Bertz CT molecular complexity index is 1120. The van der Waals surface area contributed by atoms with Gasteiger partial charge in [0, 0.05) is 41.4 Å². The second kappa shape index (κ2) is 9.22. The topological polar surface area (TPSA) is 36.3 Å². The molecule has 3 aromatic rings. The third-order valence-corrected chi connectivity index (χ3v) is 6.77. The van der Waals surface area contributed by atoms with Crippen LogP contribution in [0.4, 0.5) is 0 Å². The molecule has 1 aliphatic heterocycles. The molecule has 168 valence electrons. The average molecular weight is 468 g/mol. The van der Waals surface area contributed by atoms with Crippen LogP contribution < -0.4 is 5.32 Å². The highest BCUT2D eigenvalue weighted by Gasteiger charge is 2.41. The Morgan fingerprint density at radius 1 is 1.12 bits per heavy atom. The molecule has 1 aliphatic rings. The number of benzene rings is 1. The fraction of sp³-hybridized carbons (Fsp3) is 0.360. The molecule has 2 aromatic heterocycles. The molecule has 1 fully saturated rings. The number of hydrogen-bond acceptors (Lipinski definition) is 3. The highest BCUT2D eigenvalue weighted by atomic mass is 35.5. The van der Waals surface area contributed by atoms with Crippen molar-refractivity contribution in [3.8, 4) is 5.69 Å². The second-order valence-electron chi connectivity index (χ2n) is 8.72. The van der Waals surface area contributed by atoms with Gasteiger partial charge >= 0.3 is 0 Å². The van der Waals surface area contributed by atoms with E-state index < -0.39 is 0 Å². The van der Waals surface area contributed by atoms with Crippen LogP contribution in [0.25, 0.3) is 5.69 Å². The zero-order valence-corrected chi connectivity index (χ0v) is 20.8. The Morgan fingerprint density at radius 2 is 1.91 bits per heavy atom. The van der Waals surface area contributed by atoms with Crippen molar-refractivity contribution >= 4 is 28.9 Å². The molecule has 5 nitrogen and oxygen atoms in total. The van der Waals surface area contributed by atoms with Crippen molar-refractivity contribution < 1.29 is 0 Å². The minimum absolute atomic E-state index is 0.0136. The van der Waals surface area contributed by atoms with Crippen LogP contribution in [0, 0.1) is 20.8 Å². The van der Waals surface area contributed by atoms with Crippen LogP contribution in [-0.4, -0.2) is 51.6 Å². The van der Waals surface area contributed by atoms with E-state index in [0.29, 0.717) is 0 Å². The van der Waals surface area contributed by atoms with Crippen LogP contribution in [0.15, 0.2) is 48.7 Å². The van der Waals surface area contributed by atoms with E-state index in [1.807, 2.05) is 30.5 Å². The molecule has 1 saturated heterocycles. The molecule has 3 heterocycles. The highest BCUT2D eigenvalue weighted by Crippen LogP contribution is 2.41. The predicted octanol–water partition coefficient (Wildman–Crippen LogP) is 4.99. The summed E-state index contributed by atoms with van der Waals surface area (Å²) in [4.78, 5) is 9.16. The van der Waals surface area contributed by atoms with Crippen LogP contribution in [-0.2, 0) is 0 Å². The number of aryl methyl sites for hydroxylation is 2. The Morgan fingerprint density at radius 3 is 2.59 bits per heavy atom. The molecule has 32 heavy (non-hydrogen) atoms. The van der Waals surface area contributed by atoms with Crippen LogP contribution in [0.3, 0.4) is 0 Å². The zero-order chi connectivity index (χ0) is 23.0. The summed E-state index contributed by atoms with van der Waals surface area (Å²) >= 11 is 12.2. The van der Waals surface area contributed by atoms with Gasteiger partial charge in [0.05, 0.1) is 17.8 Å². The van der Waals surface area contributed by atoms with E-state index in [1.54, 1.807) is 0 Å². The number of nitrogens with zero attached hydrogens (tertiary/aromatic N) is 4. The first kappa shape index (κ1) is 22.8. The molecule has 7 heteroatoms. The molecule has 2 atom stereocenters. The lowest BCUT2D eigenvalue weighted by Gasteiger charge is -2.29. The van der Waals surface area contributed by atoms with Crippen molar-refractivity contribution in [3.05, 3.63) is 81.9 Å². The Labute approximate surface area is 201 Å². The third-order valence-electron chi connectivity index (χ3n) is 6.19. The van der Waals surface area contributed by atoms with E-state index in [-0.39, 0.29) is 12.1 Å². The summed E-state index contributed by atoms with van der Waals surface area (Å²) in [6.45, 7) is 8.21. The monoisotopic (exact) mass is 467 g/mol. The van der Waals surface area contributed by atoms with Gasteiger partial charge in [0.2, 0.25) is 0 Å². The van der Waals surface area contributed by atoms with Crippen LogP contribution >= 0.6 is 23.8 Å². The number of aromatic nitrogens is 2. The van der Waals surface area contributed by atoms with Crippen LogP contribution in [0.2, 0.25) is 5.02 Å². The van der Waals surface area contributed by atoms with Gasteiger partial charge in [-0.25, -0.2) is 0 Å². The van der Waals surface area contributed by atoms with E-state index in [0.717, 1.165) is 34.6 Å². The molecule has 4 rings (SSSR count). The van der Waals surface area contributed by atoms with Crippen molar-refractivity contribution in [1.29, 1.82) is 0 Å². The Balaban J connectivity index is 1.83. The first-order valence-corrected chi connectivity index (χ1v) is 11.6. The summed E-state index contributed by atoms with van der Waals surface area (Å²) in [6.07, 6.45) is 1.85. The van der Waals surface area contributed by atoms with E-state index in [1.165, 1.54) is 22.5 Å². The van der Waals surface area contributed by atoms with Gasteiger partial charge in [0.1, 0.15) is 0 Å². The van der Waals surface area contributed by atoms with Crippen molar-refractivity contribution in [1.82, 2.24) is 24.7 Å². The number of nitrogens with one attached hydrogen (secondary N) is 1. The lowest BCUT2D eigenvalue weighted by molar-refractivity contribution is 0.277. The molecule has 0 unspecified atom stereocenters. The zero-order valence-electron chi connectivity index (χ0n) is 19.3.